The Bertz CT molecular complexity index is 932. The summed E-state index contributed by atoms with van der Waals surface area (Å²) in [5.41, 5.74) is 3.00. The van der Waals surface area contributed by atoms with Crippen molar-refractivity contribution in [2.45, 2.75) is 25.8 Å². The van der Waals surface area contributed by atoms with E-state index >= 15 is 0 Å². The topological polar surface area (TPSA) is 47.4 Å². The first-order chi connectivity index (χ1) is 12.2. The van der Waals surface area contributed by atoms with E-state index in [2.05, 4.69) is 17.6 Å². The van der Waals surface area contributed by atoms with Gasteiger partial charge in [-0.05, 0) is 31.2 Å². The number of aromatic nitrogens is 2. The highest BCUT2D eigenvalue weighted by Crippen LogP contribution is 2.34. The molecule has 0 spiro atoms. The molecule has 4 rings (SSSR count). The first-order valence-electron chi connectivity index (χ1n) is 8.61. The number of imidazole rings is 1. The lowest BCUT2D eigenvalue weighted by Crippen LogP contribution is -2.24. The number of rotatable bonds is 4. The van der Waals surface area contributed by atoms with Crippen LogP contribution in [0.3, 0.4) is 0 Å². The second-order valence-electron chi connectivity index (χ2n) is 6.31. The van der Waals surface area contributed by atoms with E-state index in [1.807, 2.05) is 47.4 Å². The standard InChI is InChI=1S/C20H21N3O2/c1-3-22-18-10-5-4-9-17(18)21-20(22)14-11-19(24)23(13-14)15-7-6-8-16(12-15)25-2/h4-10,12,14H,3,11,13H2,1-2H3/t14-/m1/s1. The van der Waals surface area contributed by atoms with Gasteiger partial charge in [-0.2, -0.15) is 0 Å². The van der Waals surface area contributed by atoms with Crippen LogP contribution in [0.2, 0.25) is 0 Å². The van der Waals surface area contributed by atoms with Crippen LogP contribution >= 0.6 is 0 Å². The lowest BCUT2D eigenvalue weighted by molar-refractivity contribution is -0.117. The van der Waals surface area contributed by atoms with Crippen LogP contribution in [0.25, 0.3) is 11.0 Å². The molecule has 0 radical (unpaired) electrons. The first kappa shape index (κ1) is 15.7. The molecule has 5 nitrogen and oxygen atoms in total. The van der Waals surface area contributed by atoms with Gasteiger partial charge in [-0.3, -0.25) is 4.79 Å². The van der Waals surface area contributed by atoms with E-state index in [0.717, 1.165) is 34.8 Å². The highest BCUT2D eigenvalue weighted by Gasteiger charge is 2.34. The molecule has 0 unspecified atom stereocenters. The molecule has 0 bridgehead atoms. The summed E-state index contributed by atoms with van der Waals surface area (Å²) in [5, 5.41) is 0. The van der Waals surface area contributed by atoms with Gasteiger partial charge in [0, 0.05) is 37.2 Å². The van der Waals surface area contributed by atoms with Crippen molar-refractivity contribution in [2.75, 3.05) is 18.6 Å². The molecule has 5 heteroatoms. The Labute approximate surface area is 146 Å². The zero-order valence-electron chi connectivity index (χ0n) is 14.5. The summed E-state index contributed by atoms with van der Waals surface area (Å²) in [6.07, 6.45) is 0.487. The minimum absolute atomic E-state index is 0.103. The Morgan fingerprint density at radius 1 is 1.20 bits per heavy atom. The minimum Gasteiger partial charge on any atom is -0.497 e. The number of methoxy groups -OCH3 is 1. The second-order valence-corrected chi connectivity index (χ2v) is 6.31. The third kappa shape index (κ3) is 2.65. The molecule has 0 aliphatic carbocycles. The number of fused-ring (bicyclic) bond motifs is 1. The number of aryl methyl sites for hydroxylation is 1. The molecule has 3 aromatic rings. The van der Waals surface area contributed by atoms with Gasteiger partial charge in [0.2, 0.25) is 5.91 Å². The molecule has 25 heavy (non-hydrogen) atoms. The summed E-state index contributed by atoms with van der Waals surface area (Å²) in [7, 11) is 1.64. The summed E-state index contributed by atoms with van der Waals surface area (Å²) in [4.78, 5) is 19.3. The third-order valence-corrected chi connectivity index (χ3v) is 4.86. The van der Waals surface area contributed by atoms with E-state index in [1.54, 1.807) is 7.11 Å². The van der Waals surface area contributed by atoms with Gasteiger partial charge in [-0.15, -0.1) is 0 Å². The van der Waals surface area contributed by atoms with Crippen LogP contribution in [-0.2, 0) is 11.3 Å². The van der Waals surface area contributed by atoms with Gasteiger partial charge in [-0.25, -0.2) is 4.98 Å². The number of hydrogen-bond acceptors (Lipinski definition) is 3. The lowest BCUT2D eigenvalue weighted by atomic mass is 10.1. The molecule has 2 aromatic carbocycles. The summed E-state index contributed by atoms with van der Waals surface area (Å²) in [6.45, 7) is 3.61. The van der Waals surface area contributed by atoms with Crippen molar-refractivity contribution < 1.29 is 9.53 Å². The zero-order chi connectivity index (χ0) is 17.4. The number of carbonyl (C=O) groups excluding carboxylic acids is 1. The van der Waals surface area contributed by atoms with Gasteiger partial charge < -0.3 is 14.2 Å². The molecule has 1 fully saturated rings. The average Bonchev–Trinajstić information content (AvgIpc) is 3.21. The van der Waals surface area contributed by atoms with Gasteiger partial charge in [0.05, 0.1) is 18.1 Å². The number of amides is 1. The zero-order valence-corrected chi connectivity index (χ0v) is 14.5. The van der Waals surface area contributed by atoms with E-state index in [-0.39, 0.29) is 11.8 Å². The number of benzene rings is 2. The van der Waals surface area contributed by atoms with Crippen LogP contribution in [0.1, 0.15) is 25.1 Å². The maximum atomic E-state index is 12.6. The Balaban J connectivity index is 1.68. The molecule has 1 atom stereocenters. The van der Waals surface area contributed by atoms with Crippen LogP contribution in [0, 0.1) is 0 Å². The Kier molecular flexibility index (Phi) is 3.92. The predicted octanol–water partition coefficient (Wildman–Crippen LogP) is 3.59. The van der Waals surface area contributed by atoms with Crippen LogP contribution in [0.5, 0.6) is 5.75 Å². The smallest absolute Gasteiger partial charge is 0.227 e. The molecule has 2 heterocycles. The van der Waals surface area contributed by atoms with E-state index in [4.69, 9.17) is 9.72 Å². The number of nitrogens with zero attached hydrogens (tertiary/aromatic N) is 3. The fourth-order valence-corrected chi connectivity index (χ4v) is 3.65. The molecular formula is C20H21N3O2. The van der Waals surface area contributed by atoms with Gasteiger partial charge in [0.25, 0.3) is 0 Å². The van der Waals surface area contributed by atoms with Crippen LogP contribution in [0.15, 0.2) is 48.5 Å². The monoisotopic (exact) mass is 335 g/mol. The number of para-hydroxylation sites is 2. The van der Waals surface area contributed by atoms with Gasteiger partial charge in [0.15, 0.2) is 0 Å². The summed E-state index contributed by atoms with van der Waals surface area (Å²) >= 11 is 0. The van der Waals surface area contributed by atoms with Crippen molar-refractivity contribution in [1.29, 1.82) is 0 Å². The van der Waals surface area contributed by atoms with Gasteiger partial charge >= 0.3 is 0 Å². The maximum Gasteiger partial charge on any atom is 0.227 e. The molecule has 1 aromatic heterocycles. The molecule has 0 N–H and O–H groups in total. The molecule has 1 saturated heterocycles. The molecule has 1 aliphatic heterocycles. The summed E-state index contributed by atoms with van der Waals surface area (Å²) < 4.78 is 7.51. The highest BCUT2D eigenvalue weighted by atomic mass is 16.5. The molecular weight excluding hydrogens is 314 g/mol. The van der Waals surface area contributed by atoms with Crippen molar-refractivity contribution in [3.05, 3.63) is 54.4 Å². The fourth-order valence-electron chi connectivity index (χ4n) is 3.65. The van der Waals surface area contributed by atoms with Crippen LogP contribution in [0.4, 0.5) is 5.69 Å². The number of anilines is 1. The third-order valence-electron chi connectivity index (χ3n) is 4.86. The Morgan fingerprint density at radius 2 is 2.04 bits per heavy atom. The normalized spacial score (nSPS) is 17.4. The molecule has 0 saturated carbocycles. The summed E-state index contributed by atoms with van der Waals surface area (Å²) in [5.74, 6) is 2.00. The number of carbonyl (C=O) groups is 1. The second kappa shape index (κ2) is 6.24. The van der Waals surface area contributed by atoms with Crippen LogP contribution in [-0.4, -0.2) is 29.1 Å². The fraction of sp³-hybridized carbons (Fsp3) is 0.300. The minimum atomic E-state index is 0.103. The summed E-state index contributed by atoms with van der Waals surface area (Å²) in [6, 6.07) is 15.8. The van der Waals surface area contributed by atoms with Crippen molar-refractivity contribution in [3.8, 4) is 5.75 Å². The lowest BCUT2D eigenvalue weighted by Gasteiger charge is -2.17. The molecule has 128 valence electrons. The van der Waals surface area contributed by atoms with Crippen LogP contribution < -0.4 is 9.64 Å². The first-order valence-corrected chi connectivity index (χ1v) is 8.61. The predicted molar refractivity (Wildman–Crippen MR) is 98.1 cm³/mol. The maximum absolute atomic E-state index is 12.6. The molecule has 1 aliphatic rings. The Morgan fingerprint density at radius 3 is 2.84 bits per heavy atom. The average molecular weight is 335 g/mol. The van der Waals surface area contributed by atoms with Gasteiger partial charge in [-0.1, -0.05) is 18.2 Å². The SMILES string of the molecule is CCn1c([C@@H]2CC(=O)N(c3cccc(OC)c3)C2)nc2ccccc21. The van der Waals surface area contributed by atoms with E-state index in [1.165, 1.54) is 0 Å². The number of hydrogen-bond donors (Lipinski definition) is 0. The van der Waals surface area contributed by atoms with Crippen molar-refractivity contribution >= 4 is 22.6 Å². The van der Waals surface area contributed by atoms with E-state index in [9.17, 15) is 4.79 Å². The van der Waals surface area contributed by atoms with Crippen molar-refractivity contribution in [3.63, 3.8) is 0 Å². The Hall–Kier alpha value is -2.82. The van der Waals surface area contributed by atoms with E-state index in [0.29, 0.717) is 13.0 Å². The number of ether oxygens (including phenoxy) is 1. The highest BCUT2D eigenvalue weighted by molar-refractivity contribution is 5.96. The largest absolute Gasteiger partial charge is 0.497 e. The van der Waals surface area contributed by atoms with E-state index < -0.39 is 0 Å². The quantitative estimate of drug-likeness (QED) is 0.732. The van der Waals surface area contributed by atoms with Crippen molar-refractivity contribution in [1.82, 2.24) is 9.55 Å². The van der Waals surface area contributed by atoms with Crippen molar-refractivity contribution in [2.24, 2.45) is 0 Å². The van der Waals surface area contributed by atoms with Gasteiger partial charge in [0.1, 0.15) is 11.6 Å². The molecule has 1 amide bonds.